The number of aryl methyl sites for hydroxylation is 4. The predicted octanol–water partition coefficient (Wildman–Crippen LogP) is 4.73. The number of benzene rings is 2. The second kappa shape index (κ2) is 8.35. The number of hydrogen-bond acceptors (Lipinski definition) is 4. The Morgan fingerprint density at radius 3 is 1.12 bits per heavy atom. The van der Waals surface area contributed by atoms with Gasteiger partial charge in [-0.25, -0.2) is 0 Å². The Labute approximate surface area is 154 Å². The van der Waals surface area contributed by atoms with Gasteiger partial charge in [0, 0.05) is 0 Å². The molecule has 1 aliphatic carbocycles. The van der Waals surface area contributed by atoms with Crippen LogP contribution in [-0.4, -0.2) is 20.4 Å². The van der Waals surface area contributed by atoms with Gasteiger partial charge < -0.3 is 20.4 Å². The fraction of sp³-hybridized carbons (Fsp3) is 0.455. The van der Waals surface area contributed by atoms with Crippen molar-refractivity contribution in [3.05, 3.63) is 46.5 Å². The molecule has 0 aliphatic heterocycles. The third-order valence-electron chi connectivity index (χ3n) is 5.31. The predicted molar refractivity (Wildman–Crippen MR) is 102 cm³/mol. The second-order valence-corrected chi connectivity index (χ2v) is 7.35. The van der Waals surface area contributed by atoms with E-state index in [2.05, 4.69) is 0 Å². The number of phenols is 4. The third-order valence-corrected chi connectivity index (χ3v) is 5.31. The fourth-order valence-electron chi connectivity index (χ4n) is 3.85. The van der Waals surface area contributed by atoms with Gasteiger partial charge in [-0.1, -0.05) is 25.7 Å². The second-order valence-electron chi connectivity index (χ2n) is 7.35. The van der Waals surface area contributed by atoms with Crippen molar-refractivity contribution >= 4 is 0 Å². The van der Waals surface area contributed by atoms with Crippen molar-refractivity contribution in [2.45, 2.75) is 64.2 Å². The molecule has 4 heteroatoms. The van der Waals surface area contributed by atoms with Crippen molar-refractivity contribution in [3.63, 3.8) is 0 Å². The molecule has 4 N–H and O–H groups in total. The molecule has 0 saturated carbocycles. The molecule has 0 spiro atoms. The van der Waals surface area contributed by atoms with Crippen LogP contribution in [0.2, 0.25) is 0 Å². The molecule has 0 aromatic heterocycles. The summed E-state index contributed by atoms with van der Waals surface area (Å²) in [5.74, 6) is 0.814. The van der Waals surface area contributed by atoms with Gasteiger partial charge in [0.15, 0.2) is 0 Å². The monoisotopic (exact) mass is 356 g/mol. The molecule has 4 bridgehead atoms. The minimum Gasteiger partial charge on any atom is -0.508 e. The molecule has 2 aromatic rings. The maximum Gasteiger partial charge on any atom is 0.122 e. The topological polar surface area (TPSA) is 80.9 Å². The lowest BCUT2D eigenvalue weighted by atomic mass is 9.94. The highest BCUT2D eigenvalue weighted by molar-refractivity contribution is 5.49. The molecular formula is C22H28O4. The number of aromatic hydroxyl groups is 4. The molecule has 2 aromatic carbocycles. The van der Waals surface area contributed by atoms with Crippen LogP contribution in [0.15, 0.2) is 24.3 Å². The number of fused-ring (bicyclic) bond motifs is 4. The van der Waals surface area contributed by atoms with Crippen LogP contribution in [0.3, 0.4) is 0 Å². The summed E-state index contributed by atoms with van der Waals surface area (Å²) < 4.78 is 0. The van der Waals surface area contributed by atoms with Gasteiger partial charge in [0.25, 0.3) is 0 Å². The standard InChI is InChI=1S/C22H28O4/c23-19-11-15-7-5-3-1-2-4-6-8-16-12-20(24)14-18(22(16)26)10-9-17(13-19)21(15)25/h11-14,23-26H,1-10H2. The van der Waals surface area contributed by atoms with Crippen LogP contribution in [0.25, 0.3) is 0 Å². The van der Waals surface area contributed by atoms with Gasteiger partial charge >= 0.3 is 0 Å². The Morgan fingerprint density at radius 2 is 0.731 bits per heavy atom. The van der Waals surface area contributed by atoms with E-state index in [-0.39, 0.29) is 23.0 Å². The zero-order valence-corrected chi connectivity index (χ0v) is 15.2. The summed E-state index contributed by atoms with van der Waals surface area (Å²) in [5.41, 5.74) is 2.92. The highest BCUT2D eigenvalue weighted by Gasteiger charge is 2.14. The molecule has 26 heavy (non-hydrogen) atoms. The van der Waals surface area contributed by atoms with E-state index >= 15 is 0 Å². The van der Waals surface area contributed by atoms with Crippen LogP contribution >= 0.6 is 0 Å². The van der Waals surface area contributed by atoms with Gasteiger partial charge in [0.05, 0.1) is 0 Å². The van der Waals surface area contributed by atoms with Crippen molar-refractivity contribution in [2.75, 3.05) is 0 Å². The van der Waals surface area contributed by atoms with Gasteiger partial charge in [-0.05, 0) is 85.0 Å². The molecule has 0 unspecified atom stereocenters. The average Bonchev–Trinajstić information content (AvgIpc) is 2.60. The number of hydrogen-bond donors (Lipinski definition) is 4. The largest absolute Gasteiger partial charge is 0.508 e. The van der Waals surface area contributed by atoms with Crippen molar-refractivity contribution in [1.82, 2.24) is 0 Å². The summed E-state index contributed by atoms with van der Waals surface area (Å²) in [6, 6.07) is 6.46. The van der Waals surface area contributed by atoms with Crippen LogP contribution in [-0.2, 0) is 25.7 Å². The Hall–Kier alpha value is -2.36. The fourth-order valence-corrected chi connectivity index (χ4v) is 3.85. The minimum absolute atomic E-state index is 0.162. The molecule has 3 rings (SSSR count). The lowest BCUT2D eigenvalue weighted by Crippen LogP contribution is -1.98. The van der Waals surface area contributed by atoms with E-state index in [1.807, 2.05) is 0 Å². The van der Waals surface area contributed by atoms with Crippen molar-refractivity contribution in [2.24, 2.45) is 0 Å². The van der Waals surface area contributed by atoms with Gasteiger partial charge in [0.1, 0.15) is 23.0 Å². The van der Waals surface area contributed by atoms with Gasteiger partial charge in [-0.2, -0.15) is 0 Å². The zero-order valence-electron chi connectivity index (χ0n) is 15.2. The van der Waals surface area contributed by atoms with Crippen molar-refractivity contribution < 1.29 is 20.4 Å². The molecule has 4 nitrogen and oxygen atoms in total. The van der Waals surface area contributed by atoms with Crippen molar-refractivity contribution in [1.29, 1.82) is 0 Å². The first kappa shape index (κ1) is 18.4. The van der Waals surface area contributed by atoms with Crippen LogP contribution in [0.4, 0.5) is 0 Å². The Bertz CT molecular complexity index is 702. The highest BCUT2D eigenvalue weighted by atomic mass is 16.3. The Morgan fingerprint density at radius 1 is 0.423 bits per heavy atom. The molecule has 0 fully saturated rings. The minimum atomic E-state index is 0.162. The van der Waals surface area contributed by atoms with Crippen LogP contribution in [0.1, 0.15) is 60.8 Å². The zero-order chi connectivity index (χ0) is 18.5. The van der Waals surface area contributed by atoms with E-state index in [1.54, 1.807) is 24.3 Å². The first-order chi connectivity index (χ1) is 12.5. The van der Waals surface area contributed by atoms with Crippen LogP contribution < -0.4 is 0 Å². The number of rotatable bonds is 0. The first-order valence-electron chi connectivity index (χ1n) is 9.62. The molecule has 0 amide bonds. The molecule has 140 valence electrons. The maximum absolute atomic E-state index is 10.6. The molecule has 0 radical (unpaired) electrons. The van der Waals surface area contributed by atoms with Gasteiger partial charge in [-0.3, -0.25) is 0 Å². The normalized spacial score (nSPS) is 16.3. The summed E-state index contributed by atoms with van der Waals surface area (Å²) >= 11 is 0. The van der Waals surface area contributed by atoms with E-state index in [4.69, 9.17) is 0 Å². The van der Waals surface area contributed by atoms with E-state index in [0.717, 1.165) is 62.5 Å². The van der Waals surface area contributed by atoms with E-state index in [9.17, 15) is 20.4 Å². The summed E-state index contributed by atoms with van der Waals surface area (Å²) in [4.78, 5) is 0. The summed E-state index contributed by atoms with van der Waals surface area (Å²) in [5, 5.41) is 41.1. The highest BCUT2D eigenvalue weighted by Crippen LogP contribution is 2.34. The smallest absolute Gasteiger partial charge is 0.122 e. The molecule has 1 aliphatic rings. The van der Waals surface area contributed by atoms with E-state index in [0.29, 0.717) is 24.0 Å². The van der Waals surface area contributed by atoms with Crippen LogP contribution in [0, 0.1) is 0 Å². The summed E-state index contributed by atoms with van der Waals surface area (Å²) in [6.07, 6.45) is 9.00. The quantitative estimate of drug-likeness (QED) is 0.514. The van der Waals surface area contributed by atoms with Crippen LogP contribution in [0.5, 0.6) is 23.0 Å². The van der Waals surface area contributed by atoms with E-state index in [1.165, 1.54) is 0 Å². The summed E-state index contributed by atoms with van der Waals surface area (Å²) in [7, 11) is 0. The lowest BCUT2D eigenvalue weighted by molar-refractivity contribution is 0.440. The van der Waals surface area contributed by atoms with Gasteiger partial charge in [-0.15, -0.1) is 0 Å². The third kappa shape index (κ3) is 4.43. The number of phenolic OH excluding ortho intramolecular Hbond substituents is 4. The molecular weight excluding hydrogens is 328 g/mol. The van der Waals surface area contributed by atoms with E-state index < -0.39 is 0 Å². The Balaban J connectivity index is 1.92. The SMILES string of the molecule is Oc1cc2c(O)c(c1)CCc1cc(O)cc(c1O)CCCCCCCC2. The lowest BCUT2D eigenvalue weighted by Gasteiger charge is -2.14. The molecule has 0 atom stereocenters. The summed E-state index contributed by atoms with van der Waals surface area (Å²) in [6.45, 7) is 0. The first-order valence-corrected chi connectivity index (χ1v) is 9.62. The molecule has 0 saturated heterocycles. The van der Waals surface area contributed by atoms with Crippen molar-refractivity contribution in [3.8, 4) is 23.0 Å². The molecule has 0 heterocycles. The van der Waals surface area contributed by atoms with Gasteiger partial charge in [0.2, 0.25) is 0 Å². The average molecular weight is 356 g/mol. The maximum atomic E-state index is 10.6. The Kier molecular flexibility index (Phi) is 5.92.